The summed E-state index contributed by atoms with van der Waals surface area (Å²) in [5.74, 6) is 1.61. The second kappa shape index (κ2) is 4.75. The molecule has 0 amide bonds. The molecule has 0 radical (unpaired) electrons. The minimum absolute atomic E-state index is 0.701. The Balaban J connectivity index is 2.25. The SMILES string of the molecule is CC(C)CCOc1ccncc1. The molecule has 1 rings (SSSR count). The van der Waals surface area contributed by atoms with Crippen LogP contribution < -0.4 is 4.74 Å². The summed E-state index contributed by atoms with van der Waals surface area (Å²) in [4.78, 5) is 3.91. The monoisotopic (exact) mass is 165 g/mol. The summed E-state index contributed by atoms with van der Waals surface area (Å²) in [5.41, 5.74) is 0. The van der Waals surface area contributed by atoms with E-state index in [1.807, 2.05) is 12.1 Å². The van der Waals surface area contributed by atoms with Gasteiger partial charge in [0.05, 0.1) is 6.61 Å². The van der Waals surface area contributed by atoms with E-state index in [1.165, 1.54) is 0 Å². The number of pyridine rings is 1. The molecule has 1 heterocycles. The fourth-order valence-electron chi connectivity index (χ4n) is 0.847. The predicted molar refractivity (Wildman–Crippen MR) is 49.2 cm³/mol. The van der Waals surface area contributed by atoms with E-state index in [4.69, 9.17) is 4.74 Å². The Hall–Kier alpha value is -1.05. The van der Waals surface area contributed by atoms with Crippen molar-refractivity contribution in [3.05, 3.63) is 24.5 Å². The van der Waals surface area contributed by atoms with Crippen molar-refractivity contribution >= 4 is 0 Å². The van der Waals surface area contributed by atoms with Crippen molar-refractivity contribution < 1.29 is 4.74 Å². The van der Waals surface area contributed by atoms with E-state index < -0.39 is 0 Å². The van der Waals surface area contributed by atoms with Crippen molar-refractivity contribution in [2.75, 3.05) is 6.61 Å². The maximum atomic E-state index is 5.48. The van der Waals surface area contributed by atoms with E-state index in [0.717, 1.165) is 18.8 Å². The summed E-state index contributed by atoms with van der Waals surface area (Å²) in [6, 6.07) is 3.75. The first kappa shape index (κ1) is 9.04. The van der Waals surface area contributed by atoms with Gasteiger partial charge in [-0.1, -0.05) is 13.8 Å². The van der Waals surface area contributed by atoms with E-state index in [2.05, 4.69) is 18.8 Å². The highest BCUT2D eigenvalue weighted by Gasteiger charge is 1.94. The standard InChI is InChI=1S/C10H15NO/c1-9(2)5-8-12-10-3-6-11-7-4-10/h3-4,6-7,9H,5,8H2,1-2H3. The average Bonchev–Trinajstić information content (AvgIpc) is 2.05. The van der Waals surface area contributed by atoms with E-state index in [0.29, 0.717) is 5.92 Å². The molecule has 0 spiro atoms. The van der Waals surface area contributed by atoms with Crippen LogP contribution in [-0.2, 0) is 0 Å². The van der Waals surface area contributed by atoms with Gasteiger partial charge >= 0.3 is 0 Å². The highest BCUT2D eigenvalue weighted by atomic mass is 16.5. The number of hydrogen-bond donors (Lipinski definition) is 0. The molecule has 0 aliphatic heterocycles. The molecule has 66 valence electrons. The maximum Gasteiger partial charge on any atom is 0.122 e. The van der Waals surface area contributed by atoms with Gasteiger partial charge in [-0.05, 0) is 24.5 Å². The van der Waals surface area contributed by atoms with Gasteiger partial charge in [-0.2, -0.15) is 0 Å². The highest BCUT2D eigenvalue weighted by Crippen LogP contribution is 2.08. The largest absolute Gasteiger partial charge is 0.493 e. The molecule has 0 atom stereocenters. The number of ether oxygens (including phenoxy) is 1. The molecule has 2 nitrogen and oxygen atoms in total. The summed E-state index contributed by atoms with van der Waals surface area (Å²) >= 11 is 0. The zero-order valence-electron chi connectivity index (χ0n) is 7.66. The molecule has 0 saturated heterocycles. The third-order valence-corrected chi connectivity index (χ3v) is 1.61. The molecule has 0 aromatic carbocycles. The van der Waals surface area contributed by atoms with Crippen molar-refractivity contribution in [2.45, 2.75) is 20.3 Å². The molecule has 0 fully saturated rings. The first-order valence-electron chi connectivity index (χ1n) is 4.32. The number of hydrogen-bond acceptors (Lipinski definition) is 2. The molecular formula is C10H15NO. The van der Waals surface area contributed by atoms with Crippen molar-refractivity contribution in [3.63, 3.8) is 0 Å². The molecule has 1 aromatic rings. The minimum Gasteiger partial charge on any atom is -0.493 e. The molecule has 12 heavy (non-hydrogen) atoms. The molecule has 0 unspecified atom stereocenters. The number of nitrogens with zero attached hydrogens (tertiary/aromatic N) is 1. The third kappa shape index (κ3) is 3.37. The highest BCUT2D eigenvalue weighted by molar-refractivity contribution is 5.16. The Morgan fingerprint density at radius 2 is 2.00 bits per heavy atom. The van der Waals surface area contributed by atoms with Gasteiger partial charge in [0.25, 0.3) is 0 Å². The number of aromatic nitrogens is 1. The molecule has 2 heteroatoms. The molecule has 0 aliphatic carbocycles. The zero-order valence-corrected chi connectivity index (χ0v) is 7.66. The summed E-state index contributed by atoms with van der Waals surface area (Å²) in [6.45, 7) is 5.17. The molecule has 0 N–H and O–H groups in total. The Morgan fingerprint density at radius 1 is 1.33 bits per heavy atom. The maximum absolute atomic E-state index is 5.48. The van der Waals surface area contributed by atoms with Gasteiger partial charge in [-0.15, -0.1) is 0 Å². The quantitative estimate of drug-likeness (QED) is 0.684. The van der Waals surface area contributed by atoms with Crippen molar-refractivity contribution in [1.29, 1.82) is 0 Å². The lowest BCUT2D eigenvalue weighted by Crippen LogP contribution is -2.01. The molecular weight excluding hydrogens is 150 g/mol. The topological polar surface area (TPSA) is 22.1 Å². The van der Waals surface area contributed by atoms with Crippen molar-refractivity contribution in [2.24, 2.45) is 5.92 Å². The third-order valence-electron chi connectivity index (χ3n) is 1.61. The van der Waals surface area contributed by atoms with Gasteiger partial charge in [0.2, 0.25) is 0 Å². The molecule has 0 bridgehead atoms. The Labute approximate surface area is 73.6 Å². The Bertz CT molecular complexity index is 208. The fraction of sp³-hybridized carbons (Fsp3) is 0.500. The second-order valence-electron chi connectivity index (χ2n) is 3.21. The fourth-order valence-corrected chi connectivity index (χ4v) is 0.847. The summed E-state index contributed by atoms with van der Waals surface area (Å²) in [7, 11) is 0. The van der Waals surface area contributed by atoms with Crippen molar-refractivity contribution in [1.82, 2.24) is 4.98 Å². The summed E-state index contributed by atoms with van der Waals surface area (Å²) in [6.07, 6.45) is 4.58. The second-order valence-corrected chi connectivity index (χ2v) is 3.21. The molecule has 0 saturated carbocycles. The van der Waals surface area contributed by atoms with E-state index in [-0.39, 0.29) is 0 Å². The van der Waals surface area contributed by atoms with Gasteiger partial charge < -0.3 is 4.74 Å². The zero-order chi connectivity index (χ0) is 8.81. The Kier molecular flexibility index (Phi) is 3.58. The Morgan fingerprint density at radius 3 is 2.58 bits per heavy atom. The van der Waals surface area contributed by atoms with Crippen LogP contribution in [0.2, 0.25) is 0 Å². The number of rotatable bonds is 4. The normalized spacial score (nSPS) is 10.2. The lowest BCUT2D eigenvalue weighted by atomic mass is 10.1. The van der Waals surface area contributed by atoms with E-state index >= 15 is 0 Å². The van der Waals surface area contributed by atoms with Crippen LogP contribution in [0.5, 0.6) is 5.75 Å². The lowest BCUT2D eigenvalue weighted by Gasteiger charge is -2.06. The lowest BCUT2D eigenvalue weighted by molar-refractivity contribution is 0.289. The van der Waals surface area contributed by atoms with Crippen LogP contribution in [0, 0.1) is 5.92 Å². The van der Waals surface area contributed by atoms with Crippen LogP contribution in [0.3, 0.4) is 0 Å². The average molecular weight is 165 g/mol. The molecule has 1 aromatic heterocycles. The summed E-state index contributed by atoms with van der Waals surface area (Å²) in [5, 5.41) is 0. The smallest absolute Gasteiger partial charge is 0.122 e. The molecule has 0 aliphatic rings. The van der Waals surface area contributed by atoms with E-state index in [9.17, 15) is 0 Å². The first-order valence-corrected chi connectivity index (χ1v) is 4.32. The predicted octanol–water partition coefficient (Wildman–Crippen LogP) is 2.51. The van der Waals surface area contributed by atoms with Crippen LogP contribution >= 0.6 is 0 Å². The minimum atomic E-state index is 0.701. The van der Waals surface area contributed by atoms with Crippen LogP contribution in [-0.4, -0.2) is 11.6 Å². The van der Waals surface area contributed by atoms with E-state index in [1.54, 1.807) is 12.4 Å². The van der Waals surface area contributed by atoms with Gasteiger partial charge in [0, 0.05) is 12.4 Å². The van der Waals surface area contributed by atoms with Gasteiger partial charge in [-0.25, -0.2) is 0 Å². The summed E-state index contributed by atoms with van der Waals surface area (Å²) < 4.78 is 5.48. The van der Waals surface area contributed by atoms with Crippen molar-refractivity contribution in [3.8, 4) is 5.75 Å². The van der Waals surface area contributed by atoms with Crippen LogP contribution in [0.1, 0.15) is 20.3 Å². The van der Waals surface area contributed by atoms with Crippen LogP contribution in [0.4, 0.5) is 0 Å². The van der Waals surface area contributed by atoms with Gasteiger partial charge in [-0.3, -0.25) is 4.98 Å². The van der Waals surface area contributed by atoms with Crippen LogP contribution in [0.25, 0.3) is 0 Å². The van der Waals surface area contributed by atoms with Crippen LogP contribution in [0.15, 0.2) is 24.5 Å². The van der Waals surface area contributed by atoms with Gasteiger partial charge in [0.1, 0.15) is 5.75 Å². The first-order chi connectivity index (χ1) is 5.79. The van der Waals surface area contributed by atoms with Gasteiger partial charge in [0.15, 0.2) is 0 Å².